The first-order valence-electron chi connectivity index (χ1n) is 34.6. The minimum atomic E-state index is -1.71. The van der Waals surface area contributed by atoms with Crippen molar-refractivity contribution in [2.45, 2.75) is 364 Å². The largest absolute Gasteiger partial charge is 0.457 e. The van der Waals surface area contributed by atoms with E-state index >= 15 is 0 Å². The van der Waals surface area contributed by atoms with Crippen LogP contribution in [-0.4, -0.2) is 142 Å². The second-order valence-corrected chi connectivity index (χ2v) is 24.3. The molecule has 2 fully saturated rings. The smallest absolute Gasteiger partial charge is 0.306 e. The minimum Gasteiger partial charge on any atom is -0.457 e. The highest BCUT2D eigenvalue weighted by Gasteiger charge is 2.47. The zero-order valence-corrected chi connectivity index (χ0v) is 53.0. The summed E-state index contributed by atoms with van der Waals surface area (Å²) in [4.78, 5) is 13.2. The Bertz CT molecular complexity index is 1510. The van der Waals surface area contributed by atoms with Gasteiger partial charge in [-0.15, -0.1) is 0 Å². The van der Waals surface area contributed by atoms with Crippen LogP contribution in [0.25, 0.3) is 0 Å². The van der Waals surface area contributed by atoms with E-state index in [4.69, 9.17) is 28.4 Å². The van der Waals surface area contributed by atoms with E-state index in [2.05, 4.69) is 50.3 Å². The number of carbonyl (C=O) groups is 1. The number of hydrogen-bond donors (Lipinski definition) is 7. The Morgan fingerprint density at radius 3 is 1.17 bits per heavy atom. The van der Waals surface area contributed by atoms with Crippen molar-refractivity contribution in [2.75, 3.05) is 33.0 Å². The number of allylic oxidation sites excluding steroid dienone is 6. The predicted molar refractivity (Wildman–Crippen MR) is 335 cm³/mol. The van der Waals surface area contributed by atoms with Crippen molar-refractivity contribution in [3.8, 4) is 0 Å². The second kappa shape index (κ2) is 55.5. The van der Waals surface area contributed by atoms with E-state index in [0.29, 0.717) is 13.0 Å². The van der Waals surface area contributed by atoms with E-state index in [1.165, 1.54) is 225 Å². The summed E-state index contributed by atoms with van der Waals surface area (Å²) < 4.78 is 34.6. The number of unbranched alkanes of at least 4 members (excludes halogenated alkanes) is 38. The zero-order chi connectivity index (χ0) is 60.1. The number of hydrogen-bond acceptors (Lipinski definition) is 14. The fraction of sp³-hybridized carbons (Fsp3) is 0.899. The molecule has 11 atom stereocenters. The van der Waals surface area contributed by atoms with Crippen molar-refractivity contribution in [1.29, 1.82) is 0 Å². The summed E-state index contributed by atoms with van der Waals surface area (Å²) in [6.45, 7) is 3.74. The van der Waals surface area contributed by atoms with Gasteiger partial charge in [-0.05, 0) is 70.6 Å². The van der Waals surface area contributed by atoms with E-state index in [-0.39, 0.29) is 25.6 Å². The van der Waals surface area contributed by atoms with Crippen molar-refractivity contribution in [3.05, 3.63) is 36.5 Å². The van der Waals surface area contributed by atoms with E-state index < -0.39 is 80.7 Å². The van der Waals surface area contributed by atoms with E-state index in [0.717, 1.165) is 44.9 Å². The Morgan fingerprint density at radius 1 is 0.398 bits per heavy atom. The van der Waals surface area contributed by atoms with Gasteiger partial charge < -0.3 is 64.2 Å². The van der Waals surface area contributed by atoms with E-state index in [1.807, 2.05) is 0 Å². The lowest BCUT2D eigenvalue weighted by Crippen LogP contribution is -2.61. The summed E-state index contributed by atoms with van der Waals surface area (Å²) in [6.07, 6.45) is 52.1. The summed E-state index contributed by atoms with van der Waals surface area (Å²) in [7, 11) is 0. The Kier molecular flexibility index (Phi) is 51.7. The monoisotopic (exact) mass is 1180 g/mol. The molecule has 0 bridgehead atoms. The average molecular weight is 1180 g/mol. The normalized spacial score (nSPS) is 23.6. The lowest BCUT2D eigenvalue weighted by atomic mass is 9.98. The Morgan fingerprint density at radius 2 is 0.747 bits per heavy atom. The molecule has 11 unspecified atom stereocenters. The topological polar surface area (TPSA) is 214 Å². The van der Waals surface area contributed by atoms with Crippen molar-refractivity contribution < 1.29 is 69.0 Å². The third-order valence-corrected chi connectivity index (χ3v) is 16.6. The van der Waals surface area contributed by atoms with Crippen molar-refractivity contribution >= 4 is 5.97 Å². The van der Waals surface area contributed by atoms with Crippen molar-refractivity contribution in [1.82, 2.24) is 0 Å². The van der Waals surface area contributed by atoms with Gasteiger partial charge in [-0.25, -0.2) is 0 Å². The maximum absolute atomic E-state index is 13.2. The molecule has 7 N–H and O–H groups in total. The van der Waals surface area contributed by atoms with Crippen LogP contribution in [-0.2, 0) is 33.2 Å². The number of aliphatic hydroxyl groups excluding tert-OH is 7. The quantitative estimate of drug-likeness (QED) is 0.0171. The highest BCUT2D eigenvalue weighted by Crippen LogP contribution is 2.27. The van der Waals surface area contributed by atoms with Crippen LogP contribution >= 0.6 is 0 Å². The molecule has 83 heavy (non-hydrogen) atoms. The van der Waals surface area contributed by atoms with Crippen LogP contribution in [0.1, 0.15) is 296 Å². The van der Waals surface area contributed by atoms with Crippen molar-refractivity contribution in [2.24, 2.45) is 0 Å². The lowest BCUT2D eigenvalue weighted by molar-refractivity contribution is -0.332. The molecule has 0 spiro atoms. The Hall–Kier alpha value is -1.79. The first-order valence-corrected chi connectivity index (χ1v) is 34.6. The van der Waals surface area contributed by atoms with Gasteiger partial charge in [-0.2, -0.15) is 0 Å². The highest BCUT2D eigenvalue weighted by molar-refractivity contribution is 5.69. The molecule has 0 aliphatic carbocycles. The van der Waals surface area contributed by atoms with Crippen LogP contribution in [0.5, 0.6) is 0 Å². The number of aliphatic hydroxyl groups is 7. The molecule has 2 aliphatic rings. The number of ether oxygens (including phenoxy) is 6. The van der Waals surface area contributed by atoms with Gasteiger partial charge in [0.2, 0.25) is 0 Å². The summed E-state index contributed by atoms with van der Waals surface area (Å²) in [5.41, 5.74) is 0. The molecule has 2 aliphatic heterocycles. The van der Waals surface area contributed by atoms with Gasteiger partial charge in [0.25, 0.3) is 0 Å². The summed E-state index contributed by atoms with van der Waals surface area (Å²) in [5.74, 6) is -0.371. The summed E-state index contributed by atoms with van der Waals surface area (Å²) >= 11 is 0. The molecule has 0 saturated carbocycles. The molecule has 14 nitrogen and oxygen atoms in total. The zero-order valence-electron chi connectivity index (χ0n) is 53.0. The van der Waals surface area contributed by atoms with Crippen LogP contribution in [0.3, 0.4) is 0 Å². The van der Waals surface area contributed by atoms with Crippen LogP contribution < -0.4 is 0 Å². The molecule has 2 heterocycles. The summed E-state index contributed by atoms with van der Waals surface area (Å²) in [5, 5.41) is 72.6. The molecule has 14 heteroatoms. The summed E-state index contributed by atoms with van der Waals surface area (Å²) in [6, 6.07) is 0. The first-order chi connectivity index (χ1) is 40.6. The van der Waals surface area contributed by atoms with Gasteiger partial charge in [0.1, 0.15) is 54.9 Å². The first kappa shape index (κ1) is 77.3. The van der Waals surface area contributed by atoms with Gasteiger partial charge in [0.15, 0.2) is 12.6 Å². The molecule has 0 aromatic rings. The number of rotatable bonds is 58. The molecule has 2 rings (SSSR count). The molecule has 0 aromatic carbocycles. The maximum atomic E-state index is 13.2. The SMILES string of the molecule is CCCCCCC/C=C\C/C=C\CCCCCCCCCCCCCCCC(=O)OC(COCCCCCCCCCCCCCC/C=C\CCCCCCCCCC)COC1OC(COC2OC(CO)C(O)C(O)C2O)C(O)C(O)C1O. The van der Waals surface area contributed by atoms with E-state index in [1.54, 1.807) is 0 Å². The van der Waals surface area contributed by atoms with Crippen LogP contribution in [0.2, 0.25) is 0 Å². The Labute approximate surface area is 506 Å². The number of carbonyl (C=O) groups excluding carboxylic acids is 1. The maximum Gasteiger partial charge on any atom is 0.306 e. The lowest BCUT2D eigenvalue weighted by Gasteiger charge is -2.42. The molecular weight excluding hydrogens is 1050 g/mol. The minimum absolute atomic E-state index is 0.0642. The van der Waals surface area contributed by atoms with Crippen LogP contribution in [0.15, 0.2) is 36.5 Å². The number of esters is 1. The fourth-order valence-electron chi connectivity index (χ4n) is 11.1. The predicted octanol–water partition coefficient (Wildman–Crippen LogP) is 14.4. The van der Waals surface area contributed by atoms with Crippen LogP contribution in [0, 0.1) is 0 Å². The molecule has 0 amide bonds. The molecule has 0 radical (unpaired) electrons. The van der Waals surface area contributed by atoms with Gasteiger partial charge in [-0.3, -0.25) is 4.79 Å². The highest BCUT2D eigenvalue weighted by atomic mass is 16.7. The molecule has 0 aromatic heterocycles. The van der Waals surface area contributed by atoms with Gasteiger partial charge in [0.05, 0.1) is 26.4 Å². The fourth-order valence-corrected chi connectivity index (χ4v) is 11.1. The average Bonchev–Trinajstić information content (AvgIpc) is 3.67. The van der Waals surface area contributed by atoms with Crippen molar-refractivity contribution in [3.63, 3.8) is 0 Å². The second-order valence-electron chi connectivity index (χ2n) is 24.3. The third kappa shape index (κ3) is 41.1. The van der Waals surface area contributed by atoms with Crippen LogP contribution in [0.4, 0.5) is 0 Å². The standard InChI is InChI=1S/C69H128O14/c1-3-5-7-9-11-13-15-17-19-21-23-25-27-29-30-32-34-36-38-40-42-44-46-48-50-52-61(71)81-58(56-79-68-67(77)65(75)63(73)60(83-68)57-80-69-66(76)64(74)62(72)59(54-70)82-69)55-78-53-51-49-47-45-43-41-39-37-35-33-31-28-26-24-22-20-18-16-14-12-10-8-6-4-2/h15,17,21-24,58-60,62-70,72-77H,3-14,16,18-20,25-57H2,1-2H3/b17-15-,23-21-,24-22-. The van der Waals surface area contributed by atoms with Gasteiger partial charge >= 0.3 is 5.97 Å². The molecule has 488 valence electrons. The third-order valence-electron chi connectivity index (χ3n) is 16.6. The Balaban J connectivity index is 1.64. The van der Waals surface area contributed by atoms with Gasteiger partial charge in [0, 0.05) is 13.0 Å². The van der Waals surface area contributed by atoms with Gasteiger partial charge in [-0.1, -0.05) is 256 Å². The molecular formula is C69H128O14. The molecule has 2 saturated heterocycles. The van der Waals surface area contributed by atoms with E-state index in [9.17, 15) is 40.5 Å².